The highest BCUT2D eigenvalue weighted by Crippen LogP contribution is 2.42. The Balaban J connectivity index is 1.60. The molecule has 0 spiro atoms. The number of allylic oxidation sites excluding steroid dienone is 4. The Morgan fingerprint density at radius 2 is 1.62 bits per heavy atom. The van der Waals surface area contributed by atoms with Gasteiger partial charge in [-0.25, -0.2) is 4.39 Å². The first kappa shape index (κ1) is 19.5. The number of benzene rings is 3. The van der Waals surface area contributed by atoms with Gasteiger partial charge in [0.2, 0.25) is 0 Å². The van der Waals surface area contributed by atoms with Crippen molar-refractivity contribution in [1.29, 1.82) is 0 Å². The second-order valence-corrected chi connectivity index (χ2v) is 7.75. The lowest BCUT2D eigenvalue weighted by Crippen LogP contribution is -1.91. The van der Waals surface area contributed by atoms with Crippen molar-refractivity contribution in [1.82, 2.24) is 0 Å². The van der Waals surface area contributed by atoms with Crippen LogP contribution in [0.1, 0.15) is 30.9 Å². The second-order valence-electron chi connectivity index (χ2n) is 7.31. The molecule has 4 rings (SSSR count). The Hall–Kier alpha value is -2.84. The lowest BCUT2D eigenvalue weighted by atomic mass is 9.99. The summed E-state index contributed by atoms with van der Waals surface area (Å²) in [5.74, 6) is 1.07. The van der Waals surface area contributed by atoms with Gasteiger partial charge in [0.1, 0.15) is 5.75 Å². The lowest BCUT2D eigenvalue weighted by Gasteiger charge is -2.10. The van der Waals surface area contributed by atoms with Gasteiger partial charge >= 0.3 is 0 Å². The van der Waals surface area contributed by atoms with Gasteiger partial charge in [0, 0.05) is 5.02 Å². The smallest absolute Gasteiger partial charge is 0.165 e. The van der Waals surface area contributed by atoms with E-state index >= 15 is 0 Å². The molecule has 0 N–H and O–H groups in total. The summed E-state index contributed by atoms with van der Waals surface area (Å²) < 4.78 is 20.0. The van der Waals surface area contributed by atoms with E-state index in [2.05, 4.69) is 24.3 Å². The minimum Gasteiger partial charge on any atom is -0.454 e. The van der Waals surface area contributed by atoms with Gasteiger partial charge in [-0.15, -0.1) is 0 Å². The molecular formula is C26H22ClFO. The molecule has 0 bridgehead atoms. The molecule has 0 saturated heterocycles. The molecule has 1 nitrogen and oxygen atoms in total. The Kier molecular flexibility index (Phi) is 5.82. The summed E-state index contributed by atoms with van der Waals surface area (Å²) in [7, 11) is 0. The van der Waals surface area contributed by atoms with Crippen molar-refractivity contribution in [3.05, 3.63) is 107 Å². The maximum absolute atomic E-state index is 14.2. The van der Waals surface area contributed by atoms with Gasteiger partial charge in [-0.05, 0) is 84.4 Å². The van der Waals surface area contributed by atoms with Crippen LogP contribution in [0.5, 0.6) is 11.5 Å². The third-order valence-corrected chi connectivity index (χ3v) is 5.32. The predicted octanol–water partition coefficient (Wildman–Crippen LogP) is 8.17. The predicted molar refractivity (Wildman–Crippen MR) is 119 cm³/mol. The number of halogens is 2. The Morgan fingerprint density at radius 3 is 2.31 bits per heavy atom. The fourth-order valence-corrected chi connectivity index (χ4v) is 3.38. The maximum atomic E-state index is 14.2. The Morgan fingerprint density at radius 1 is 0.931 bits per heavy atom. The second kappa shape index (κ2) is 8.67. The molecule has 0 unspecified atom stereocenters. The summed E-state index contributed by atoms with van der Waals surface area (Å²) in [5, 5.41) is 0.743. The molecule has 1 fully saturated rings. The molecule has 0 aromatic heterocycles. The van der Waals surface area contributed by atoms with Gasteiger partial charge in [-0.1, -0.05) is 60.2 Å². The fourth-order valence-electron chi connectivity index (χ4n) is 3.26. The van der Waals surface area contributed by atoms with Crippen LogP contribution in [0.15, 0.2) is 84.9 Å². The van der Waals surface area contributed by atoms with Gasteiger partial charge in [0.15, 0.2) is 11.6 Å². The van der Waals surface area contributed by atoms with Crippen LogP contribution in [0.3, 0.4) is 0 Å². The highest BCUT2D eigenvalue weighted by atomic mass is 35.5. The largest absolute Gasteiger partial charge is 0.454 e. The van der Waals surface area contributed by atoms with Crippen LogP contribution < -0.4 is 4.74 Å². The average molecular weight is 405 g/mol. The van der Waals surface area contributed by atoms with Crippen LogP contribution >= 0.6 is 11.6 Å². The summed E-state index contributed by atoms with van der Waals surface area (Å²) in [6, 6.07) is 22.2. The third kappa shape index (κ3) is 4.96. The van der Waals surface area contributed by atoms with E-state index in [9.17, 15) is 4.39 Å². The first-order chi connectivity index (χ1) is 14.1. The van der Waals surface area contributed by atoms with E-state index in [1.54, 1.807) is 12.1 Å². The van der Waals surface area contributed by atoms with Crippen LogP contribution in [0.25, 0.3) is 11.1 Å². The molecular weight excluding hydrogens is 383 g/mol. The van der Waals surface area contributed by atoms with Crippen LogP contribution in [-0.2, 0) is 0 Å². The lowest BCUT2D eigenvalue weighted by molar-refractivity contribution is 0.442. The number of rotatable bonds is 6. The van der Waals surface area contributed by atoms with Crippen LogP contribution in [0, 0.1) is 11.7 Å². The summed E-state index contributed by atoms with van der Waals surface area (Å²) in [6.45, 7) is 2.03. The standard InChI is InChI=1S/C26H22ClFO/c1-18(7-15-24(19-8-9-19)20-10-13-22(27)14-11-20)21-12-16-25(28)26(17-21)29-23-5-3-2-4-6-23/h2-7,10-17,19H,8-9H2,1H3/b18-7-,24-15-. The molecule has 0 aliphatic heterocycles. The van der Waals surface area contributed by atoms with Crippen LogP contribution in [-0.4, -0.2) is 0 Å². The van der Waals surface area contributed by atoms with Crippen molar-refractivity contribution < 1.29 is 9.13 Å². The van der Waals surface area contributed by atoms with Gasteiger partial charge < -0.3 is 4.74 Å². The van der Waals surface area contributed by atoms with Crippen molar-refractivity contribution in [2.24, 2.45) is 5.92 Å². The Bertz CT molecular complexity index is 1050. The van der Waals surface area contributed by atoms with Gasteiger partial charge in [0.05, 0.1) is 0 Å². The molecule has 3 aromatic rings. The molecule has 0 heterocycles. The molecule has 1 aliphatic carbocycles. The zero-order valence-electron chi connectivity index (χ0n) is 16.2. The van der Waals surface area contributed by atoms with Crippen molar-refractivity contribution in [3.8, 4) is 11.5 Å². The molecule has 3 heteroatoms. The van der Waals surface area contributed by atoms with Gasteiger partial charge in [0.25, 0.3) is 0 Å². The number of hydrogen-bond donors (Lipinski definition) is 0. The zero-order chi connectivity index (χ0) is 20.2. The molecule has 29 heavy (non-hydrogen) atoms. The fraction of sp³-hybridized carbons (Fsp3) is 0.154. The summed E-state index contributed by atoms with van der Waals surface area (Å²) in [5.41, 5.74) is 4.51. The van der Waals surface area contributed by atoms with E-state index in [4.69, 9.17) is 16.3 Å². The molecule has 0 atom stereocenters. The molecule has 1 saturated carbocycles. The molecule has 1 aliphatic rings. The van der Waals surface area contributed by atoms with E-state index in [-0.39, 0.29) is 11.6 Å². The topological polar surface area (TPSA) is 9.23 Å². The van der Waals surface area contributed by atoms with E-state index in [1.807, 2.05) is 49.4 Å². The van der Waals surface area contributed by atoms with E-state index < -0.39 is 0 Å². The first-order valence-corrected chi connectivity index (χ1v) is 10.2. The summed E-state index contributed by atoms with van der Waals surface area (Å²) >= 11 is 6.03. The highest BCUT2D eigenvalue weighted by molar-refractivity contribution is 6.30. The summed E-state index contributed by atoms with van der Waals surface area (Å²) in [6.07, 6.45) is 6.71. The molecule has 146 valence electrons. The third-order valence-electron chi connectivity index (χ3n) is 5.07. The molecule has 0 amide bonds. The monoisotopic (exact) mass is 404 g/mol. The Labute approximate surface area is 176 Å². The molecule has 3 aromatic carbocycles. The minimum atomic E-state index is -0.374. The normalized spacial score (nSPS) is 14.7. The van der Waals surface area contributed by atoms with E-state index in [1.165, 1.54) is 30.0 Å². The van der Waals surface area contributed by atoms with Crippen LogP contribution in [0.4, 0.5) is 4.39 Å². The average Bonchev–Trinajstić information content (AvgIpc) is 3.57. The van der Waals surface area contributed by atoms with E-state index in [0.717, 1.165) is 16.2 Å². The van der Waals surface area contributed by atoms with Gasteiger partial charge in [-0.3, -0.25) is 0 Å². The highest BCUT2D eigenvalue weighted by Gasteiger charge is 2.26. The van der Waals surface area contributed by atoms with E-state index in [0.29, 0.717) is 11.7 Å². The number of hydrogen-bond acceptors (Lipinski definition) is 1. The molecule has 0 radical (unpaired) electrons. The van der Waals surface area contributed by atoms with Gasteiger partial charge in [-0.2, -0.15) is 0 Å². The van der Waals surface area contributed by atoms with Crippen molar-refractivity contribution in [3.63, 3.8) is 0 Å². The first-order valence-electron chi connectivity index (χ1n) is 9.77. The van der Waals surface area contributed by atoms with Crippen molar-refractivity contribution in [2.75, 3.05) is 0 Å². The number of ether oxygens (including phenoxy) is 1. The number of para-hydroxylation sites is 1. The SMILES string of the molecule is C/C(=C/C=C(\c1ccc(Cl)cc1)C1CC1)c1ccc(F)c(Oc2ccccc2)c1. The minimum absolute atomic E-state index is 0.227. The van der Waals surface area contributed by atoms with Crippen molar-refractivity contribution >= 4 is 22.7 Å². The quantitative estimate of drug-likeness (QED) is 0.376. The van der Waals surface area contributed by atoms with Crippen LogP contribution in [0.2, 0.25) is 5.02 Å². The zero-order valence-corrected chi connectivity index (χ0v) is 17.0. The van der Waals surface area contributed by atoms with Crippen molar-refractivity contribution in [2.45, 2.75) is 19.8 Å². The summed E-state index contributed by atoms with van der Waals surface area (Å²) in [4.78, 5) is 0. The maximum Gasteiger partial charge on any atom is 0.165 e.